The Labute approximate surface area is 115 Å². The van der Waals surface area contributed by atoms with Crippen molar-refractivity contribution in [1.29, 1.82) is 0 Å². The van der Waals surface area contributed by atoms with E-state index < -0.39 is 11.2 Å². The molecule has 2 rings (SSSR count). The molecule has 0 saturated heterocycles. The van der Waals surface area contributed by atoms with Crippen LogP contribution < -0.4 is 11.2 Å². The van der Waals surface area contributed by atoms with Crippen LogP contribution in [0, 0.1) is 6.92 Å². The SMILES string of the molecule is CCc1ccc(C(=O)Cn2cc(C)c(=O)[nH]c2=O)cc1. The van der Waals surface area contributed by atoms with E-state index in [-0.39, 0.29) is 12.3 Å². The Morgan fingerprint density at radius 1 is 1.20 bits per heavy atom. The molecule has 5 heteroatoms. The lowest BCUT2D eigenvalue weighted by molar-refractivity contribution is 0.0970. The minimum atomic E-state index is -0.570. The number of aromatic amines is 1. The minimum absolute atomic E-state index is 0.0814. The second kappa shape index (κ2) is 5.69. The van der Waals surface area contributed by atoms with E-state index in [1.54, 1.807) is 19.1 Å². The number of benzene rings is 1. The molecule has 0 aliphatic rings. The molecule has 0 amide bonds. The molecule has 0 unspecified atom stereocenters. The van der Waals surface area contributed by atoms with Crippen LogP contribution in [-0.4, -0.2) is 15.3 Å². The first-order chi connectivity index (χ1) is 9.51. The van der Waals surface area contributed by atoms with E-state index in [2.05, 4.69) is 4.98 Å². The first-order valence-corrected chi connectivity index (χ1v) is 6.43. The lowest BCUT2D eigenvalue weighted by Gasteiger charge is -2.06. The summed E-state index contributed by atoms with van der Waals surface area (Å²) in [5.74, 6) is -0.166. The van der Waals surface area contributed by atoms with E-state index in [4.69, 9.17) is 0 Å². The molecule has 5 nitrogen and oxygen atoms in total. The lowest BCUT2D eigenvalue weighted by atomic mass is 10.1. The first kappa shape index (κ1) is 14.0. The van der Waals surface area contributed by atoms with Gasteiger partial charge in [0.25, 0.3) is 5.56 Å². The highest BCUT2D eigenvalue weighted by atomic mass is 16.2. The Bertz CT molecular complexity index is 739. The van der Waals surface area contributed by atoms with Gasteiger partial charge >= 0.3 is 5.69 Å². The van der Waals surface area contributed by atoms with Crippen molar-refractivity contribution in [2.75, 3.05) is 0 Å². The summed E-state index contributed by atoms with van der Waals surface area (Å²) >= 11 is 0. The van der Waals surface area contributed by atoms with Gasteiger partial charge in [-0.1, -0.05) is 31.2 Å². The molecule has 0 fully saturated rings. The molecule has 0 spiro atoms. The summed E-state index contributed by atoms with van der Waals surface area (Å²) in [6, 6.07) is 7.30. The molecular weight excluding hydrogens is 256 g/mol. The van der Waals surface area contributed by atoms with Gasteiger partial charge in [-0.05, 0) is 18.9 Å². The Kier molecular flexibility index (Phi) is 3.98. The van der Waals surface area contributed by atoms with Crippen LogP contribution in [0.5, 0.6) is 0 Å². The number of nitrogens with one attached hydrogen (secondary N) is 1. The van der Waals surface area contributed by atoms with E-state index in [0.29, 0.717) is 11.1 Å². The van der Waals surface area contributed by atoms with Crippen LogP contribution in [0.15, 0.2) is 40.1 Å². The van der Waals surface area contributed by atoms with Crippen molar-refractivity contribution < 1.29 is 4.79 Å². The van der Waals surface area contributed by atoms with Gasteiger partial charge in [0.1, 0.15) is 0 Å². The number of rotatable bonds is 4. The Hall–Kier alpha value is -2.43. The van der Waals surface area contributed by atoms with E-state index in [1.807, 2.05) is 19.1 Å². The van der Waals surface area contributed by atoms with Crippen molar-refractivity contribution in [3.63, 3.8) is 0 Å². The van der Waals surface area contributed by atoms with Gasteiger partial charge in [-0.15, -0.1) is 0 Å². The fourth-order valence-corrected chi connectivity index (χ4v) is 1.91. The number of Topliss-reactive ketones (excluding diaryl/α,β-unsaturated/α-hetero) is 1. The van der Waals surface area contributed by atoms with Gasteiger partial charge < -0.3 is 0 Å². The van der Waals surface area contributed by atoms with Crippen LogP contribution in [0.4, 0.5) is 0 Å². The number of hydrogen-bond acceptors (Lipinski definition) is 3. The van der Waals surface area contributed by atoms with Crippen molar-refractivity contribution in [2.24, 2.45) is 0 Å². The van der Waals surface area contributed by atoms with Gasteiger partial charge in [0.2, 0.25) is 0 Å². The van der Waals surface area contributed by atoms with Crippen LogP contribution in [0.2, 0.25) is 0 Å². The normalized spacial score (nSPS) is 10.5. The smallest absolute Gasteiger partial charge is 0.293 e. The second-order valence-corrected chi connectivity index (χ2v) is 4.67. The van der Waals surface area contributed by atoms with Crippen LogP contribution >= 0.6 is 0 Å². The largest absolute Gasteiger partial charge is 0.328 e. The van der Waals surface area contributed by atoms with Gasteiger partial charge in [0.05, 0.1) is 6.54 Å². The number of carbonyl (C=O) groups is 1. The summed E-state index contributed by atoms with van der Waals surface area (Å²) in [4.78, 5) is 37.2. The average Bonchev–Trinajstić information content (AvgIpc) is 2.44. The van der Waals surface area contributed by atoms with Gasteiger partial charge in [0, 0.05) is 17.3 Å². The molecular formula is C15H16N2O3. The highest BCUT2D eigenvalue weighted by Gasteiger charge is 2.09. The molecule has 104 valence electrons. The number of nitrogens with zero attached hydrogens (tertiary/aromatic N) is 1. The average molecular weight is 272 g/mol. The second-order valence-electron chi connectivity index (χ2n) is 4.67. The van der Waals surface area contributed by atoms with Crippen molar-refractivity contribution >= 4 is 5.78 Å². The van der Waals surface area contributed by atoms with Crippen molar-refractivity contribution in [3.05, 3.63) is 68.0 Å². The summed E-state index contributed by atoms with van der Waals surface area (Å²) in [6.45, 7) is 3.55. The predicted molar refractivity (Wildman–Crippen MR) is 76.2 cm³/mol. The molecule has 1 aromatic heterocycles. The van der Waals surface area contributed by atoms with Gasteiger partial charge in [-0.3, -0.25) is 19.1 Å². The van der Waals surface area contributed by atoms with Crippen LogP contribution in [-0.2, 0) is 13.0 Å². The number of aryl methyl sites for hydroxylation is 2. The molecule has 1 heterocycles. The summed E-state index contributed by atoms with van der Waals surface area (Å²) in [5, 5.41) is 0. The summed E-state index contributed by atoms with van der Waals surface area (Å²) in [5.41, 5.74) is 1.11. The summed E-state index contributed by atoms with van der Waals surface area (Å²) in [6.07, 6.45) is 2.31. The quantitative estimate of drug-likeness (QED) is 0.852. The number of ketones is 1. The van der Waals surface area contributed by atoms with Crippen LogP contribution in [0.1, 0.15) is 28.4 Å². The zero-order chi connectivity index (χ0) is 14.7. The van der Waals surface area contributed by atoms with Gasteiger partial charge in [-0.2, -0.15) is 0 Å². The lowest BCUT2D eigenvalue weighted by Crippen LogP contribution is -2.32. The Balaban J connectivity index is 2.25. The maximum atomic E-state index is 12.1. The maximum Gasteiger partial charge on any atom is 0.328 e. The predicted octanol–water partition coefficient (Wildman–Crippen LogP) is 1.29. The summed E-state index contributed by atoms with van der Waals surface area (Å²) in [7, 11) is 0. The minimum Gasteiger partial charge on any atom is -0.293 e. The standard InChI is InChI=1S/C15H16N2O3/c1-3-11-4-6-12(7-5-11)13(18)9-17-8-10(2)14(19)16-15(17)20/h4-8H,3,9H2,1-2H3,(H,16,19,20). The van der Waals surface area contributed by atoms with Gasteiger partial charge in [0.15, 0.2) is 5.78 Å². The molecule has 0 atom stereocenters. The Morgan fingerprint density at radius 3 is 2.45 bits per heavy atom. The molecule has 0 aliphatic heterocycles. The fourth-order valence-electron chi connectivity index (χ4n) is 1.91. The molecule has 2 aromatic rings. The molecule has 20 heavy (non-hydrogen) atoms. The van der Waals surface area contributed by atoms with Crippen LogP contribution in [0.25, 0.3) is 0 Å². The van der Waals surface area contributed by atoms with Crippen molar-refractivity contribution in [3.8, 4) is 0 Å². The Morgan fingerprint density at radius 2 is 1.85 bits per heavy atom. The third-order valence-electron chi connectivity index (χ3n) is 3.19. The van der Waals surface area contributed by atoms with E-state index in [1.165, 1.54) is 10.8 Å². The molecule has 1 aromatic carbocycles. The first-order valence-electron chi connectivity index (χ1n) is 6.43. The summed E-state index contributed by atoms with van der Waals surface area (Å²) < 4.78 is 1.22. The van der Waals surface area contributed by atoms with Crippen LogP contribution in [0.3, 0.4) is 0 Å². The topological polar surface area (TPSA) is 71.9 Å². The van der Waals surface area contributed by atoms with Gasteiger partial charge in [-0.25, -0.2) is 4.79 Å². The van der Waals surface area contributed by atoms with E-state index >= 15 is 0 Å². The highest BCUT2D eigenvalue weighted by Crippen LogP contribution is 2.06. The van der Waals surface area contributed by atoms with E-state index in [0.717, 1.165) is 12.0 Å². The molecule has 1 N–H and O–H groups in total. The number of aromatic nitrogens is 2. The highest BCUT2D eigenvalue weighted by molar-refractivity contribution is 5.95. The van der Waals surface area contributed by atoms with Crippen molar-refractivity contribution in [1.82, 2.24) is 9.55 Å². The molecule has 0 saturated carbocycles. The third-order valence-corrected chi connectivity index (χ3v) is 3.19. The molecule has 0 aliphatic carbocycles. The maximum absolute atomic E-state index is 12.1. The number of H-pyrrole nitrogens is 1. The number of carbonyl (C=O) groups excluding carboxylic acids is 1. The third kappa shape index (κ3) is 2.93. The molecule has 0 bridgehead atoms. The monoisotopic (exact) mass is 272 g/mol. The number of hydrogen-bond donors (Lipinski definition) is 1. The van der Waals surface area contributed by atoms with E-state index in [9.17, 15) is 14.4 Å². The zero-order valence-corrected chi connectivity index (χ0v) is 11.5. The molecule has 0 radical (unpaired) electrons. The fraction of sp³-hybridized carbons (Fsp3) is 0.267. The van der Waals surface area contributed by atoms with Crippen molar-refractivity contribution in [2.45, 2.75) is 26.8 Å². The zero-order valence-electron chi connectivity index (χ0n) is 11.5.